The summed E-state index contributed by atoms with van der Waals surface area (Å²) >= 11 is 11.7. The van der Waals surface area contributed by atoms with Gasteiger partial charge in [0.25, 0.3) is 0 Å². The zero-order valence-corrected chi connectivity index (χ0v) is 10.2. The Labute approximate surface area is 109 Å². The molecule has 0 aliphatic heterocycles. The van der Waals surface area contributed by atoms with E-state index in [2.05, 4.69) is 4.98 Å². The standard InChI is InChI=1S/C12H9Cl2NO2/c13-8-2-1-3-9(6-8)17-12-5-4-10(14)11(7-16)15-12/h1-6,16H,7H2. The summed E-state index contributed by atoms with van der Waals surface area (Å²) in [6.45, 7) is -0.231. The van der Waals surface area contributed by atoms with Gasteiger partial charge in [-0.2, -0.15) is 0 Å². The van der Waals surface area contributed by atoms with Gasteiger partial charge in [-0.05, 0) is 24.3 Å². The van der Waals surface area contributed by atoms with Crippen molar-refractivity contribution in [1.29, 1.82) is 0 Å². The molecule has 2 aromatic rings. The molecule has 1 heterocycles. The van der Waals surface area contributed by atoms with Gasteiger partial charge in [0.1, 0.15) is 5.75 Å². The number of aliphatic hydroxyl groups is 1. The van der Waals surface area contributed by atoms with Crippen LogP contribution in [-0.4, -0.2) is 10.1 Å². The lowest BCUT2D eigenvalue weighted by Crippen LogP contribution is -1.94. The first-order valence-electron chi connectivity index (χ1n) is 4.89. The molecular formula is C12H9Cl2NO2. The number of pyridine rings is 1. The van der Waals surface area contributed by atoms with E-state index in [1.807, 2.05) is 0 Å². The van der Waals surface area contributed by atoms with Crippen LogP contribution in [0.4, 0.5) is 0 Å². The quantitative estimate of drug-likeness (QED) is 0.925. The van der Waals surface area contributed by atoms with E-state index in [0.29, 0.717) is 27.4 Å². The maximum Gasteiger partial charge on any atom is 0.219 e. The summed E-state index contributed by atoms with van der Waals surface area (Å²) in [5.41, 5.74) is 0.381. The minimum atomic E-state index is -0.231. The second-order valence-corrected chi connectivity index (χ2v) is 4.14. The van der Waals surface area contributed by atoms with Crippen molar-refractivity contribution in [2.45, 2.75) is 6.61 Å². The Morgan fingerprint density at radius 1 is 1.18 bits per heavy atom. The van der Waals surface area contributed by atoms with Crippen LogP contribution >= 0.6 is 23.2 Å². The van der Waals surface area contributed by atoms with Gasteiger partial charge in [-0.1, -0.05) is 29.3 Å². The Morgan fingerprint density at radius 3 is 2.71 bits per heavy atom. The molecule has 0 saturated carbocycles. The normalized spacial score (nSPS) is 10.3. The van der Waals surface area contributed by atoms with Crippen molar-refractivity contribution in [1.82, 2.24) is 4.98 Å². The fraction of sp³-hybridized carbons (Fsp3) is 0.0833. The van der Waals surface area contributed by atoms with Crippen molar-refractivity contribution in [2.75, 3.05) is 0 Å². The summed E-state index contributed by atoms with van der Waals surface area (Å²) in [5.74, 6) is 0.942. The summed E-state index contributed by atoms with van der Waals surface area (Å²) in [4.78, 5) is 4.07. The maximum absolute atomic E-state index is 9.03. The lowest BCUT2D eigenvalue weighted by molar-refractivity contribution is 0.275. The number of hydrogen-bond acceptors (Lipinski definition) is 3. The molecule has 2 rings (SSSR count). The van der Waals surface area contributed by atoms with E-state index in [1.165, 1.54) is 0 Å². The van der Waals surface area contributed by atoms with Crippen molar-refractivity contribution in [3.05, 3.63) is 52.1 Å². The molecule has 0 aliphatic rings. The number of benzene rings is 1. The molecule has 3 nitrogen and oxygen atoms in total. The van der Waals surface area contributed by atoms with E-state index in [-0.39, 0.29) is 6.61 Å². The van der Waals surface area contributed by atoms with Crippen LogP contribution < -0.4 is 4.74 Å². The number of nitrogens with zero attached hydrogens (tertiary/aromatic N) is 1. The van der Waals surface area contributed by atoms with Gasteiger partial charge < -0.3 is 9.84 Å². The number of halogens is 2. The van der Waals surface area contributed by atoms with Crippen molar-refractivity contribution >= 4 is 23.2 Å². The molecular weight excluding hydrogens is 261 g/mol. The fourth-order valence-corrected chi connectivity index (χ4v) is 1.63. The van der Waals surface area contributed by atoms with E-state index in [0.717, 1.165) is 0 Å². The molecule has 1 aromatic heterocycles. The first-order valence-corrected chi connectivity index (χ1v) is 5.64. The summed E-state index contributed by atoms with van der Waals surface area (Å²) < 4.78 is 5.49. The molecule has 1 N–H and O–H groups in total. The second kappa shape index (κ2) is 5.36. The van der Waals surface area contributed by atoms with Gasteiger partial charge in [-0.15, -0.1) is 0 Å². The van der Waals surface area contributed by atoms with Gasteiger partial charge >= 0.3 is 0 Å². The minimum Gasteiger partial charge on any atom is -0.439 e. The van der Waals surface area contributed by atoms with Crippen LogP contribution in [0.15, 0.2) is 36.4 Å². The van der Waals surface area contributed by atoms with Crippen molar-refractivity contribution in [3.63, 3.8) is 0 Å². The van der Waals surface area contributed by atoms with Crippen LogP contribution in [0.1, 0.15) is 5.69 Å². The average Bonchev–Trinajstić information content (AvgIpc) is 2.32. The topological polar surface area (TPSA) is 42.4 Å². The molecule has 88 valence electrons. The number of rotatable bonds is 3. The largest absolute Gasteiger partial charge is 0.439 e. The van der Waals surface area contributed by atoms with E-state index < -0.39 is 0 Å². The monoisotopic (exact) mass is 269 g/mol. The predicted octanol–water partition coefficient (Wildman–Crippen LogP) is 3.67. The zero-order valence-electron chi connectivity index (χ0n) is 8.73. The highest BCUT2D eigenvalue weighted by Gasteiger charge is 2.05. The minimum absolute atomic E-state index is 0.231. The highest BCUT2D eigenvalue weighted by Crippen LogP contribution is 2.25. The molecule has 0 saturated heterocycles. The van der Waals surface area contributed by atoms with E-state index in [4.69, 9.17) is 33.0 Å². The SMILES string of the molecule is OCc1nc(Oc2cccc(Cl)c2)ccc1Cl. The summed E-state index contributed by atoms with van der Waals surface area (Å²) in [6.07, 6.45) is 0. The van der Waals surface area contributed by atoms with Crippen LogP contribution in [0, 0.1) is 0 Å². The molecule has 0 fully saturated rings. The molecule has 0 radical (unpaired) electrons. The zero-order chi connectivity index (χ0) is 12.3. The van der Waals surface area contributed by atoms with Crippen LogP contribution in [0.3, 0.4) is 0 Å². The van der Waals surface area contributed by atoms with Gasteiger partial charge in [0.2, 0.25) is 5.88 Å². The first kappa shape index (κ1) is 12.2. The molecule has 0 aliphatic carbocycles. The van der Waals surface area contributed by atoms with Gasteiger partial charge in [-0.3, -0.25) is 0 Å². The summed E-state index contributed by atoms with van der Waals surface area (Å²) in [5, 5.41) is 10.0. The third kappa shape index (κ3) is 3.09. The molecule has 17 heavy (non-hydrogen) atoms. The molecule has 0 bridgehead atoms. The Bertz CT molecular complexity index is 532. The highest BCUT2D eigenvalue weighted by molar-refractivity contribution is 6.31. The van der Waals surface area contributed by atoms with E-state index >= 15 is 0 Å². The lowest BCUT2D eigenvalue weighted by atomic mass is 10.3. The highest BCUT2D eigenvalue weighted by atomic mass is 35.5. The second-order valence-electron chi connectivity index (χ2n) is 3.30. The average molecular weight is 270 g/mol. The molecule has 0 amide bonds. The van der Waals surface area contributed by atoms with Crippen molar-refractivity contribution < 1.29 is 9.84 Å². The van der Waals surface area contributed by atoms with Gasteiger partial charge in [0.15, 0.2) is 0 Å². The summed E-state index contributed by atoms with van der Waals surface area (Å²) in [7, 11) is 0. The Balaban J connectivity index is 2.24. The first-order chi connectivity index (χ1) is 8.19. The molecule has 0 spiro atoms. The lowest BCUT2D eigenvalue weighted by Gasteiger charge is -2.07. The third-order valence-corrected chi connectivity index (χ3v) is 2.64. The Hall–Kier alpha value is -1.29. The van der Waals surface area contributed by atoms with E-state index in [1.54, 1.807) is 36.4 Å². The Morgan fingerprint density at radius 2 is 2.00 bits per heavy atom. The van der Waals surface area contributed by atoms with Crippen molar-refractivity contribution in [3.8, 4) is 11.6 Å². The van der Waals surface area contributed by atoms with Gasteiger partial charge in [0.05, 0.1) is 17.3 Å². The summed E-state index contributed by atoms with van der Waals surface area (Å²) in [6, 6.07) is 10.2. The van der Waals surface area contributed by atoms with Crippen molar-refractivity contribution in [2.24, 2.45) is 0 Å². The van der Waals surface area contributed by atoms with Gasteiger partial charge in [0, 0.05) is 11.1 Å². The van der Waals surface area contributed by atoms with Crippen LogP contribution in [0.2, 0.25) is 10.0 Å². The predicted molar refractivity (Wildman–Crippen MR) is 66.7 cm³/mol. The number of aromatic nitrogens is 1. The third-order valence-electron chi connectivity index (χ3n) is 2.06. The van der Waals surface area contributed by atoms with E-state index in [9.17, 15) is 0 Å². The number of aliphatic hydroxyl groups excluding tert-OH is 1. The smallest absolute Gasteiger partial charge is 0.219 e. The molecule has 0 unspecified atom stereocenters. The van der Waals surface area contributed by atoms with Crippen LogP contribution in [0.25, 0.3) is 0 Å². The fourth-order valence-electron chi connectivity index (χ4n) is 1.28. The maximum atomic E-state index is 9.03. The van der Waals surface area contributed by atoms with Gasteiger partial charge in [-0.25, -0.2) is 4.98 Å². The van der Waals surface area contributed by atoms with Crippen LogP contribution in [-0.2, 0) is 6.61 Å². The van der Waals surface area contributed by atoms with Crippen LogP contribution in [0.5, 0.6) is 11.6 Å². The molecule has 5 heteroatoms. The molecule has 1 aromatic carbocycles. The number of ether oxygens (including phenoxy) is 1. The number of hydrogen-bond donors (Lipinski definition) is 1. The molecule has 0 atom stereocenters. The Kier molecular flexibility index (Phi) is 3.84.